The summed E-state index contributed by atoms with van der Waals surface area (Å²) in [6.45, 7) is -0.723. The molecular weight excluding hydrogens is 523 g/mol. The van der Waals surface area contributed by atoms with Crippen LogP contribution in [0.1, 0.15) is 36.4 Å². The highest BCUT2D eigenvalue weighted by Crippen LogP contribution is 2.44. The van der Waals surface area contributed by atoms with E-state index in [0.717, 1.165) is 41.7 Å². The quantitative estimate of drug-likeness (QED) is 0.306. The molecule has 0 bridgehead atoms. The first-order valence-corrected chi connectivity index (χ1v) is 13.2. The van der Waals surface area contributed by atoms with Crippen LogP contribution in [-0.4, -0.2) is 35.8 Å². The van der Waals surface area contributed by atoms with Crippen LogP contribution in [0.15, 0.2) is 89.5 Å². The first-order chi connectivity index (χ1) is 18.5. The van der Waals surface area contributed by atoms with Crippen molar-refractivity contribution in [2.75, 3.05) is 13.2 Å². The van der Waals surface area contributed by atoms with Crippen LogP contribution >= 0.6 is 23.2 Å². The Morgan fingerprint density at radius 2 is 1.74 bits per heavy atom. The lowest BCUT2D eigenvalue weighted by Gasteiger charge is -2.29. The van der Waals surface area contributed by atoms with Gasteiger partial charge >= 0.3 is 5.97 Å². The van der Waals surface area contributed by atoms with Crippen LogP contribution < -0.4 is 4.74 Å². The standard InChI is InChI=1S/C30H26Cl2N2O4/c31-23-14-12-21(13-15-23)30-26-11-5-7-22(16-20-6-4-8-24(32)17-20)29(26)33-34(30)27(35)18-38-28(36)19-37-25-9-2-1-3-10-25/h1-4,6,8-10,12-17,26,30H,5,7,11,18-19H2. The number of carbonyl (C=O) groups excluding carboxylic acids is 2. The van der Waals surface area contributed by atoms with Gasteiger partial charge in [-0.1, -0.05) is 65.7 Å². The van der Waals surface area contributed by atoms with Crippen molar-refractivity contribution in [3.63, 3.8) is 0 Å². The summed E-state index contributed by atoms with van der Waals surface area (Å²) in [6.07, 6.45) is 4.79. The molecule has 1 aliphatic carbocycles. The highest BCUT2D eigenvalue weighted by molar-refractivity contribution is 6.31. The molecule has 0 spiro atoms. The second-order valence-electron chi connectivity index (χ2n) is 9.21. The molecule has 1 saturated carbocycles. The fraction of sp³-hybridized carbons (Fsp3) is 0.233. The summed E-state index contributed by atoms with van der Waals surface area (Å²) in [4.78, 5) is 25.6. The van der Waals surface area contributed by atoms with Crippen molar-refractivity contribution in [1.82, 2.24) is 5.01 Å². The summed E-state index contributed by atoms with van der Waals surface area (Å²) in [7, 11) is 0. The van der Waals surface area contributed by atoms with E-state index in [2.05, 4.69) is 6.08 Å². The Bertz CT molecular complexity index is 1370. The highest BCUT2D eigenvalue weighted by Gasteiger charge is 2.43. The van der Waals surface area contributed by atoms with Gasteiger partial charge in [0.2, 0.25) is 0 Å². The molecule has 6 nitrogen and oxygen atoms in total. The Hall–Kier alpha value is -3.61. The van der Waals surface area contributed by atoms with Crippen molar-refractivity contribution in [1.29, 1.82) is 0 Å². The Morgan fingerprint density at radius 1 is 0.947 bits per heavy atom. The maximum Gasteiger partial charge on any atom is 0.344 e. The molecule has 38 heavy (non-hydrogen) atoms. The summed E-state index contributed by atoms with van der Waals surface area (Å²) in [5.74, 6) is -0.470. The molecule has 1 amide bonds. The monoisotopic (exact) mass is 548 g/mol. The van der Waals surface area contributed by atoms with Crippen LogP contribution in [0.4, 0.5) is 0 Å². The van der Waals surface area contributed by atoms with E-state index in [1.165, 1.54) is 5.01 Å². The SMILES string of the molecule is O=C(COc1ccccc1)OCC(=O)N1N=C2C(=Cc3cccc(Cl)c3)CCCC2C1c1ccc(Cl)cc1. The number of hydrogen-bond acceptors (Lipinski definition) is 5. The van der Waals surface area contributed by atoms with Gasteiger partial charge < -0.3 is 9.47 Å². The number of hydrogen-bond donors (Lipinski definition) is 0. The zero-order chi connectivity index (χ0) is 26.5. The molecule has 3 aromatic carbocycles. The molecule has 5 rings (SSSR count). The largest absolute Gasteiger partial charge is 0.482 e. The second kappa shape index (κ2) is 11.8. The molecule has 1 aliphatic heterocycles. The van der Waals surface area contributed by atoms with E-state index in [4.69, 9.17) is 37.8 Å². The summed E-state index contributed by atoms with van der Waals surface area (Å²) < 4.78 is 10.7. The van der Waals surface area contributed by atoms with Gasteiger partial charge in [-0.3, -0.25) is 4.79 Å². The van der Waals surface area contributed by atoms with Crippen molar-refractivity contribution in [2.45, 2.75) is 25.3 Å². The molecule has 8 heteroatoms. The molecule has 1 heterocycles. The van der Waals surface area contributed by atoms with Gasteiger partial charge in [0.05, 0.1) is 11.8 Å². The fourth-order valence-corrected chi connectivity index (χ4v) is 5.23. The van der Waals surface area contributed by atoms with Crippen LogP contribution in [0.2, 0.25) is 10.0 Å². The molecule has 3 aromatic rings. The van der Waals surface area contributed by atoms with Crippen molar-refractivity contribution < 1.29 is 19.1 Å². The Kier molecular flexibility index (Phi) is 8.11. The lowest BCUT2D eigenvalue weighted by Crippen LogP contribution is -2.35. The zero-order valence-corrected chi connectivity index (χ0v) is 22.1. The number of fused-ring (bicyclic) bond motifs is 1. The minimum atomic E-state index is -0.629. The van der Waals surface area contributed by atoms with Crippen molar-refractivity contribution in [3.8, 4) is 5.75 Å². The number of para-hydroxylation sites is 1. The number of esters is 1. The summed E-state index contributed by atoms with van der Waals surface area (Å²) >= 11 is 12.3. The van der Waals surface area contributed by atoms with Gasteiger partial charge in [-0.2, -0.15) is 5.10 Å². The van der Waals surface area contributed by atoms with Gasteiger partial charge in [0.15, 0.2) is 13.2 Å². The van der Waals surface area contributed by atoms with E-state index in [9.17, 15) is 9.59 Å². The molecule has 2 aliphatic rings. The van der Waals surface area contributed by atoms with Crippen molar-refractivity contribution in [2.24, 2.45) is 11.0 Å². The van der Waals surface area contributed by atoms with Gasteiger partial charge in [-0.25, -0.2) is 9.80 Å². The summed E-state index contributed by atoms with van der Waals surface area (Å²) in [6, 6.07) is 23.7. The van der Waals surface area contributed by atoms with E-state index < -0.39 is 18.5 Å². The minimum Gasteiger partial charge on any atom is -0.482 e. The number of ether oxygens (including phenoxy) is 2. The fourth-order valence-electron chi connectivity index (χ4n) is 4.91. The minimum absolute atomic E-state index is 0.0106. The molecule has 2 unspecified atom stereocenters. The van der Waals surface area contributed by atoms with E-state index in [-0.39, 0.29) is 18.6 Å². The first-order valence-electron chi connectivity index (χ1n) is 12.4. The maximum atomic E-state index is 13.4. The molecule has 1 fully saturated rings. The summed E-state index contributed by atoms with van der Waals surface area (Å²) in [5, 5.41) is 7.54. The van der Waals surface area contributed by atoms with Crippen molar-refractivity contribution in [3.05, 3.63) is 106 Å². The van der Waals surface area contributed by atoms with Gasteiger partial charge in [0.1, 0.15) is 5.75 Å². The van der Waals surface area contributed by atoms with Gasteiger partial charge in [-0.15, -0.1) is 0 Å². The number of benzene rings is 3. The third kappa shape index (κ3) is 6.09. The number of hydrazone groups is 1. The molecular formula is C30H26Cl2N2O4. The van der Waals surface area contributed by atoms with Crippen LogP contribution in [-0.2, 0) is 14.3 Å². The number of halogens is 2. The predicted molar refractivity (Wildman–Crippen MR) is 148 cm³/mol. The topological polar surface area (TPSA) is 68.2 Å². The predicted octanol–water partition coefficient (Wildman–Crippen LogP) is 6.74. The van der Waals surface area contributed by atoms with Gasteiger partial charge in [0.25, 0.3) is 5.91 Å². The van der Waals surface area contributed by atoms with Crippen LogP contribution in [0.3, 0.4) is 0 Å². The van der Waals surface area contributed by atoms with E-state index in [0.29, 0.717) is 15.8 Å². The smallest absolute Gasteiger partial charge is 0.344 e. The third-order valence-corrected chi connectivity index (χ3v) is 7.10. The van der Waals surface area contributed by atoms with Crippen LogP contribution in [0, 0.1) is 5.92 Å². The Labute approximate surface area is 231 Å². The number of nitrogens with zero attached hydrogens (tertiary/aromatic N) is 2. The zero-order valence-electron chi connectivity index (χ0n) is 20.6. The lowest BCUT2D eigenvalue weighted by molar-refractivity contribution is -0.154. The molecule has 0 N–H and O–H groups in total. The normalized spacial score (nSPS) is 19.6. The third-order valence-electron chi connectivity index (χ3n) is 6.61. The molecule has 194 valence electrons. The number of carbonyl (C=O) groups is 2. The number of amides is 1. The summed E-state index contributed by atoms with van der Waals surface area (Å²) in [5.41, 5.74) is 3.86. The van der Waals surface area contributed by atoms with Gasteiger partial charge in [-0.05, 0) is 78.4 Å². The maximum absolute atomic E-state index is 13.4. The van der Waals surface area contributed by atoms with Crippen molar-refractivity contribution >= 4 is 46.9 Å². The molecule has 0 aromatic heterocycles. The highest BCUT2D eigenvalue weighted by atomic mass is 35.5. The second-order valence-corrected chi connectivity index (χ2v) is 10.1. The Morgan fingerprint density at radius 3 is 2.50 bits per heavy atom. The molecule has 2 atom stereocenters. The number of allylic oxidation sites excluding steroid dienone is 1. The molecule has 0 saturated heterocycles. The van der Waals surface area contributed by atoms with E-state index in [1.54, 1.807) is 12.1 Å². The van der Waals surface area contributed by atoms with E-state index in [1.807, 2.05) is 66.7 Å². The molecule has 0 radical (unpaired) electrons. The number of rotatable bonds is 7. The van der Waals surface area contributed by atoms with Gasteiger partial charge in [0, 0.05) is 16.0 Å². The average molecular weight is 549 g/mol. The average Bonchev–Trinajstić information content (AvgIpc) is 3.32. The van der Waals surface area contributed by atoms with Crippen LogP contribution in [0.5, 0.6) is 5.75 Å². The first kappa shape index (κ1) is 26.0. The van der Waals surface area contributed by atoms with Crippen LogP contribution in [0.25, 0.3) is 6.08 Å². The van der Waals surface area contributed by atoms with E-state index >= 15 is 0 Å². The lowest BCUT2D eigenvalue weighted by atomic mass is 9.77. The Balaban J connectivity index is 1.36.